The normalized spacial score (nSPS) is 14.0. The Kier molecular flexibility index (Phi) is 17.2. The van der Waals surface area contributed by atoms with Gasteiger partial charge in [0.1, 0.15) is 0 Å². The summed E-state index contributed by atoms with van der Waals surface area (Å²) in [7, 11) is 0. The van der Waals surface area contributed by atoms with E-state index in [9.17, 15) is 4.79 Å². The van der Waals surface area contributed by atoms with Gasteiger partial charge in [0.25, 0.3) is 0 Å². The Hall–Kier alpha value is -1.83. The Labute approximate surface area is 154 Å². The number of carboxylic acid groups (broad SMARTS) is 1. The molecule has 0 amide bonds. The average Bonchev–Trinajstić information content (AvgIpc) is 2.58. The minimum absolute atomic E-state index is 0.294. The highest BCUT2D eigenvalue weighted by molar-refractivity contribution is 5.66. The second-order valence-electron chi connectivity index (χ2n) is 6.33. The van der Waals surface area contributed by atoms with Gasteiger partial charge in [0.05, 0.1) is 0 Å². The molecule has 0 aliphatic rings. The van der Waals surface area contributed by atoms with Crippen LogP contribution in [-0.2, 0) is 4.79 Å². The summed E-state index contributed by atoms with van der Waals surface area (Å²) in [6, 6.07) is 0. The highest BCUT2D eigenvalue weighted by Crippen LogP contribution is 2.08. The van der Waals surface area contributed by atoms with E-state index in [0.717, 1.165) is 44.9 Å². The van der Waals surface area contributed by atoms with Crippen LogP contribution in [0.15, 0.2) is 60.8 Å². The second kappa shape index (κ2) is 18.5. The van der Waals surface area contributed by atoms with Crippen LogP contribution in [0.3, 0.4) is 0 Å². The fraction of sp³-hybridized carbons (Fsp3) is 0.522. The SMILES string of the molecule is CCC=CCCC(C)C=CC=CC=CCC=CCCCCCC(=O)O. The Morgan fingerprint density at radius 3 is 2.40 bits per heavy atom. The van der Waals surface area contributed by atoms with Gasteiger partial charge >= 0.3 is 5.97 Å². The first-order valence-electron chi connectivity index (χ1n) is 9.68. The summed E-state index contributed by atoms with van der Waals surface area (Å²) in [5.41, 5.74) is 0. The van der Waals surface area contributed by atoms with Gasteiger partial charge in [-0.3, -0.25) is 4.79 Å². The minimum Gasteiger partial charge on any atom is -0.481 e. The van der Waals surface area contributed by atoms with Crippen molar-refractivity contribution in [1.29, 1.82) is 0 Å². The molecule has 1 atom stereocenters. The van der Waals surface area contributed by atoms with Gasteiger partial charge in [0, 0.05) is 6.42 Å². The van der Waals surface area contributed by atoms with Crippen LogP contribution in [0.25, 0.3) is 0 Å². The Morgan fingerprint density at radius 1 is 0.880 bits per heavy atom. The lowest BCUT2D eigenvalue weighted by molar-refractivity contribution is -0.137. The molecule has 0 rings (SSSR count). The van der Waals surface area contributed by atoms with E-state index in [1.165, 1.54) is 6.42 Å². The van der Waals surface area contributed by atoms with E-state index in [-0.39, 0.29) is 0 Å². The Morgan fingerprint density at radius 2 is 1.64 bits per heavy atom. The second-order valence-corrected chi connectivity index (χ2v) is 6.33. The first-order valence-corrected chi connectivity index (χ1v) is 9.68. The van der Waals surface area contributed by atoms with Crippen molar-refractivity contribution in [3.8, 4) is 0 Å². The van der Waals surface area contributed by atoms with Crippen molar-refractivity contribution in [3.63, 3.8) is 0 Å². The molecule has 0 aromatic heterocycles. The van der Waals surface area contributed by atoms with E-state index in [1.807, 2.05) is 0 Å². The van der Waals surface area contributed by atoms with Crippen LogP contribution in [-0.4, -0.2) is 11.1 Å². The Balaban J connectivity index is 3.61. The summed E-state index contributed by atoms with van der Waals surface area (Å²) in [5, 5.41) is 8.54. The third-order valence-electron chi connectivity index (χ3n) is 3.80. The highest BCUT2D eigenvalue weighted by atomic mass is 16.4. The molecule has 0 aromatic carbocycles. The smallest absolute Gasteiger partial charge is 0.303 e. The number of allylic oxidation sites excluding steroid dienone is 10. The number of rotatable bonds is 15. The molecule has 0 saturated heterocycles. The van der Waals surface area contributed by atoms with Crippen LogP contribution >= 0.6 is 0 Å². The van der Waals surface area contributed by atoms with E-state index in [1.54, 1.807) is 0 Å². The predicted octanol–water partition coefficient (Wildman–Crippen LogP) is 7.02. The van der Waals surface area contributed by atoms with Crippen LogP contribution in [0, 0.1) is 5.92 Å². The minimum atomic E-state index is -0.692. The predicted molar refractivity (Wildman–Crippen MR) is 110 cm³/mol. The summed E-state index contributed by atoms with van der Waals surface area (Å²) in [6.07, 6.45) is 30.3. The summed E-state index contributed by atoms with van der Waals surface area (Å²) in [6.45, 7) is 4.42. The lowest BCUT2D eigenvalue weighted by Crippen LogP contribution is -1.93. The maximum atomic E-state index is 10.4. The van der Waals surface area contributed by atoms with Crippen molar-refractivity contribution >= 4 is 5.97 Å². The molecular weight excluding hydrogens is 308 g/mol. The van der Waals surface area contributed by atoms with Gasteiger partial charge in [-0.15, -0.1) is 0 Å². The third-order valence-corrected chi connectivity index (χ3v) is 3.80. The number of hydrogen-bond donors (Lipinski definition) is 1. The zero-order valence-corrected chi connectivity index (χ0v) is 16.1. The number of carboxylic acids is 1. The van der Waals surface area contributed by atoms with Gasteiger partial charge in [-0.05, 0) is 50.9 Å². The van der Waals surface area contributed by atoms with E-state index in [2.05, 4.69) is 74.6 Å². The molecule has 0 saturated carbocycles. The van der Waals surface area contributed by atoms with Gasteiger partial charge < -0.3 is 5.11 Å². The number of carbonyl (C=O) groups is 1. The summed E-state index contributed by atoms with van der Waals surface area (Å²) >= 11 is 0. The summed E-state index contributed by atoms with van der Waals surface area (Å²) in [4.78, 5) is 10.4. The van der Waals surface area contributed by atoms with Crippen LogP contribution in [0.5, 0.6) is 0 Å². The molecule has 0 aromatic rings. The largest absolute Gasteiger partial charge is 0.481 e. The summed E-state index contributed by atoms with van der Waals surface area (Å²) in [5.74, 6) is -0.0734. The molecule has 2 heteroatoms. The third kappa shape index (κ3) is 20.1. The topological polar surface area (TPSA) is 37.3 Å². The molecule has 0 radical (unpaired) electrons. The first-order chi connectivity index (χ1) is 12.2. The summed E-state index contributed by atoms with van der Waals surface area (Å²) < 4.78 is 0. The van der Waals surface area contributed by atoms with Gasteiger partial charge in [0.2, 0.25) is 0 Å². The zero-order chi connectivity index (χ0) is 18.6. The first kappa shape index (κ1) is 23.2. The molecule has 0 heterocycles. The molecule has 1 unspecified atom stereocenters. The van der Waals surface area contributed by atoms with Crippen molar-refractivity contribution in [3.05, 3.63) is 60.8 Å². The molecule has 0 spiro atoms. The van der Waals surface area contributed by atoms with Crippen LogP contribution < -0.4 is 0 Å². The van der Waals surface area contributed by atoms with Crippen molar-refractivity contribution in [2.75, 3.05) is 0 Å². The van der Waals surface area contributed by atoms with Gasteiger partial charge in [-0.25, -0.2) is 0 Å². The number of unbranched alkanes of at least 4 members (excludes halogenated alkanes) is 3. The van der Waals surface area contributed by atoms with Crippen LogP contribution in [0.2, 0.25) is 0 Å². The fourth-order valence-corrected chi connectivity index (χ4v) is 2.29. The highest BCUT2D eigenvalue weighted by Gasteiger charge is 1.95. The number of hydrogen-bond acceptors (Lipinski definition) is 1. The standard InChI is InChI=1S/C23H36O2/c1-3-4-5-16-19-22(2)20-17-14-12-10-8-6-7-9-11-13-15-18-21-23(24)25/h4-5,7-10,12,14,17,20,22H,3,6,11,13,15-16,18-19,21H2,1-2H3,(H,24,25). The fourth-order valence-electron chi connectivity index (χ4n) is 2.29. The lowest BCUT2D eigenvalue weighted by Gasteiger charge is -2.01. The molecular formula is C23H36O2. The quantitative estimate of drug-likeness (QED) is 0.197. The Bertz CT molecular complexity index is 453. The molecule has 2 nitrogen and oxygen atoms in total. The van der Waals surface area contributed by atoms with E-state index < -0.39 is 5.97 Å². The van der Waals surface area contributed by atoms with Crippen molar-refractivity contribution < 1.29 is 9.90 Å². The van der Waals surface area contributed by atoms with Gasteiger partial charge in [0.15, 0.2) is 0 Å². The average molecular weight is 345 g/mol. The van der Waals surface area contributed by atoms with E-state index in [0.29, 0.717) is 12.3 Å². The molecule has 0 bridgehead atoms. The molecule has 25 heavy (non-hydrogen) atoms. The van der Waals surface area contributed by atoms with E-state index >= 15 is 0 Å². The van der Waals surface area contributed by atoms with E-state index in [4.69, 9.17) is 5.11 Å². The molecule has 140 valence electrons. The van der Waals surface area contributed by atoms with Crippen molar-refractivity contribution in [2.24, 2.45) is 5.92 Å². The van der Waals surface area contributed by atoms with Gasteiger partial charge in [-0.2, -0.15) is 0 Å². The molecule has 0 aliphatic carbocycles. The number of aliphatic carboxylic acids is 1. The molecule has 1 N–H and O–H groups in total. The van der Waals surface area contributed by atoms with Crippen LogP contribution in [0.1, 0.15) is 71.6 Å². The van der Waals surface area contributed by atoms with Crippen molar-refractivity contribution in [2.45, 2.75) is 71.6 Å². The lowest BCUT2D eigenvalue weighted by atomic mass is 10.0. The molecule has 0 fully saturated rings. The van der Waals surface area contributed by atoms with Crippen molar-refractivity contribution in [1.82, 2.24) is 0 Å². The monoisotopic (exact) mass is 344 g/mol. The van der Waals surface area contributed by atoms with Gasteiger partial charge in [-0.1, -0.05) is 81.0 Å². The maximum absolute atomic E-state index is 10.4. The molecule has 0 aliphatic heterocycles. The van der Waals surface area contributed by atoms with Crippen LogP contribution in [0.4, 0.5) is 0 Å². The maximum Gasteiger partial charge on any atom is 0.303 e. The zero-order valence-electron chi connectivity index (χ0n) is 16.1.